The van der Waals surface area contributed by atoms with E-state index < -0.39 is 0 Å². The predicted octanol–water partition coefficient (Wildman–Crippen LogP) is 4.65. The Kier molecular flexibility index (Phi) is 6.09. The summed E-state index contributed by atoms with van der Waals surface area (Å²) in [5.41, 5.74) is 2.49. The van der Waals surface area contributed by atoms with Crippen LogP contribution in [0.5, 0.6) is 0 Å². The Bertz CT molecular complexity index is 596. The van der Waals surface area contributed by atoms with Crippen molar-refractivity contribution in [1.29, 1.82) is 0 Å². The Morgan fingerprint density at radius 2 is 1.78 bits per heavy atom. The van der Waals surface area contributed by atoms with Crippen molar-refractivity contribution < 1.29 is 0 Å². The van der Waals surface area contributed by atoms with Gasteiger partial charge in [0.05, 0.1) is 11.0 Å². The molecule has 2 heterocycles. The van der Waals surface area contributed by atoms with Gasteiger partial charge in [0.1, 0.15) is 5.82 Å². The third-order valence-corrected chi connectivity index (χ3v) is 5.04. The fourth-order valence-corrected chi connectivity index (χ4v) is 3.73. The first-order valence-corrected chi connectivity index (χ1v) is 9.55. The molecule has 3 rings (SSSR count). The van der Waals surface area contributed by atoms with Crippen molar-refractivity contribution in [3.05, 3.63) is 30.1 Å². The molecule has 0 spiro atoms. The fraction of sp³-hybridized carbons (Fsp3) is 0.650. The predicted molar refractivity (Wildman–Crippen MR) is 97.9 cm³/mol. The highest BCUT2D eigenvalue weighted by Gasteiger charge is 2.13. The van der Waals surface area contributed by atoms with Crippen molar-refractivity contribution in [3.8, 4) is 0 Å². The largest absolute Gasteiger partial charge is 0.328 e. The van der Waals surface area contributed by atoms with E-state index in [-0.39, 0.29) is 0 Å². The zero-order valence-corrected chi connectivity index (χ0v) is 14.6. The van der Waals surface area contributed by atoms with Crippen LogP contribution < -0.4 is 0 Å². The zero-order chi connectivity index (χ0) is 15.9. The number of imidazole rings is 1. The van der Waals surface area contributed by atoms with E-state index in [2.05, 4.69) is 40.7 Å². The third-order valence-electron chi connectivity index (χ3n) is 5.04. The van der Waals surface area contributed by atoms with Crippen molar-refractivity contribution in [2.24, 2.45) is 0 Å². The van der Waals surface area contributed by atoms with E-state index in [1.165, 1.54) is 81.4 Å². The molecule has 1 aromatic heterocycles. The SMILES string of the molecule is CCCCCCn1c(CCCN2CCCC2)nc2ccccc21. The number of likely N-dealkylation sites (tertiary alicyclic amines) is 1. The second kappa shape index (κ2) is 8.49. The Hall–Kier alpha value is -1.35. The van der Waals surface area contributed by atoms with Crippen molar-refractivity contribution in [3.63, 3.8) is 0 Å². The molecule has 0 unspecified atom stereocenters. The van der Waals surface area contributed by atoms with E-state index in [1.807, 2.05) is 0 Å². The quantitative estimate of drug-likeness (QED) is 0.629. The molecular weight excluding hydrogens is 282 g/mol. The number of para-hydroxylation sites is 2. The molecule has 0 N–H and O–H groups in total. The number of benzene rings is 1. The zero-order valence-electron chi connectivity index (χ0n) is 14.6. The van der Waals surface area contributed by atoms with Gasteiger partial charge < -0.3 is 9.47 Å². The highest BCUT2D eigenvalue weighted by molar-refractivity contribution is 5.75. The van der Waals surface area contributed by atoms with Gasteiger partial charge >= 0.3 is 0 Å². The standard InChI is InChI=1S/C20H31N3/c1-2-3-4-7-17-23-19-12-6-5-11-18(19)21-20(23)13-10-16-22-14-8-9-15-22/h5-6,11-12H,2-4,7-10,13-17H2,1H3. The Morgan fingerprint density at radius 3 is 2.61 bits per heavy atom. The summed E-state index contributed by atoms with van der Waals surface area (Å²) in [6.07, 6.45) is 10.4. The number of hydrogen-bond acceptors (Lipinski definition) is 2. The van der Waals surface area contributed by atoms with E-state index in [1.54, 1.807) is 0 Å². The van der Waals surface area contributed by atoms with Crippen LogP contribution in [0.1, 0.15) is 57.7 Å². The average molecular weight is 313 g/mol. The number of hydrogen-bond donors (Lipinski definition) is 0. The van der Waals surface area contributed by atoms with Gasteiger partial charge in [0.2, 0.25) is 0 Å². The molecule has 0 amide bonds. The summed E-state index contributed by atoms with van der Waals surface area (Å²) in [6.45, 7) is 7.23. The number of aromatic nitrogens is 2. The summed E-state index contributed by atoms with van der Waals surface area (Å²) in [5.74, 6) is 1.29. The molecule has 3 nitrogen and oxygen atoms in total. The summed E-state index contributed by atoms with van der Waals surface area (Å²) in [4.78, 5) is 7.53. The number of aryl methyl sites for hydroxylation is 2. The molecule has 0 aliphatic carbocycles. The lowest BCUT2D eigenvalue weighted by Gasteiger charge is -2.14. The highest BCUT2D eigenvalue weighted by Crippen LogP contribution is 2.19. The Morgan fingerprint density at radius 1 is 0.957 bits per heavy atom. The first-order valence-electron chi connectivity index (χ1n) is 9.55. The summed E-state index contributed by atoms with van der Waals surface area (Å²) in [7, 11) is 0. The van der Waals surface area contributed by atoms with Gasteiger partial charge in [-0.15, -0.1) is 0 Å². The molecule has 1 aliphatic heterocycles. The van der Waals surface area contributed by atoms with Crippen LogP contribution in [0.4, 0.5) is 0 Å². The van der Waals surface area contributed by atoms with Crippen LogP contribution in [-0.4, -0.2) is 34.1 Å². The van der Waals surface area contributed by atoms with E-state index in [9.17, 15) is 0 Å². The minimum absolute atomic E-state index is 1.11. The van der Waals surface area contributed by atoms with Crippen LogP contribution in [0.25, 0.3) is 11.0 Å². The molecule has 2 aromatic rings. The van der Waals surface area contributed by atoms with E-state index in [0.29, 0.717) is 0 Å². The van der Waals surface area contributed by atoms with E-state index in [4.69, 9.17) is 4.98 Å². The van der Waals surface area contributed by atoms with Crippen LogP contribution in [0.2, 0.25) is 0 Å². The molecule has 0 bridgehead atoms. The van der Waals surface area contributed by atoms with Crippen molar-refractivity contribution in [2.45, 2.75) is 64.8 Å². The lowest BCUT2D eigenvalue weighted by atomic mass is 10.2. The highest BCUT2D eigenvalue weighted by atomic mass is 15.1. The van der Waals surface area contributed by atoms with Crippen molar-refractivity contribution in [1.82, 2.24) is 14.5 Å². The van der Waals surface area contributed by atoms with Gasteiger partial charge in [-0.1, -0.05) is 38.3 Å². The minimum Gasteiger partial charge on any atom is -0.328 e. The van der Waals surface area contributed by atoms with Gasteiger partial charge in [-0.25, -0.2) is 4.98 Å². The molecular formula is C20H31N3. The maximum atomic E-state index is 4.92. The summed E-state index contributed by atoms with van der Waals surface area (Å²) >= 11 is 0. The molecule has 126 valence electrons. The van der Waals surface area contributed by atoms with Crippen LogP contribution in [-0.2, 0) is 13.0 Å². The molecule has 0 atom stereocenters. The smallest absolute Gasteiger partial charge is 0.109 e. The molecule has 3 heteroatoms. The summed E-state index contributed by atoms with van der Waals surface area (Å²) in [6, 6.07) is 8.62. The van der Waals surface area contributed by atoms with Crippen LogP contribution in [0, 0.1) is 0 Å². The van der Waals surface area contributed by atoms with Gasteiger partial charge in [-0.3, -0.25) is 0 Å². The van der Waals surface area contributed by atoms with Gasteiger partial charge in [-0.2, -0.15) is 0 Å². The number of rotatable bonds is 9. The van der Waals surface area contributed by atoms with Gasteiger partial charge in [-0.05, 0) is 57.5 Å². The molecule has 1 aromatic carbocycles. The van der Waals surface area contributed by atoms with Gasteiger partial charge in [0.15, 0.2) is 0 Å². The molecule has 1 fully saturated rings. The second-order valence-corrected chi connectivity index (χ2v) is 6.88. The first kappa shape index (κ1) is 16.5. The third kappa shape index (κ3) is 4.35. The Labute approximate surface area is 140 Å². The van der Waals surface area contributed by atoms with Crippen molar-refractivity contribution in [2.75, 3.05) is 19.6 Å². The topological polar surface area (TPSA) is 21.1 Å². The van der Waals surface area contributed by atoms with Crippen molar-refractivity contribution >= 4 is 11.0 Å². The lowest BCUT2D eigenvalue weighted by Crippen LogP contribution is -2.21. The van der Waals surface area contributed by atoms with Crippen LogP contribution in [0.3, 0.4) is 0 Å². The first-order chi connectivity index (χ1) is 11.4. The lowest BCUT2D eigenvalue weighted by molar-refractivity contribution is 0.332. The minimum atomic E-state index is 1.11. The molecule has 0 radical (unpaired) electrons. The maximum absolute atomic E-state index is 4.92. The molecule has 0 saturated carbocycles. The molecule has 1 aliphatic rings. The normalized spacial score (nSPS) is 15.7. The molecule has 1 saturated heterocycles. The van der Waals surface area contributed by atoms with Gasteiger partial charge in [0.25, 0.3) is 0 Å². The van der Waals surface area contributed by atoms with Crippen LogP contribution in [0.15, 0.2) is 24.3 Å². The number of nitrogens with zero attached hydrogens (tertiary/aromatic N) is 3. The van der Waals surface area contributed by atoms with E-state index >= 15 is 0 Å². The summed E-state index contributed by atoms with van der Waals surface area (Å²) in [5, 5.41) is 0. The monoisotopic (exact) mass is 313 g/mol. The number of unbranched alkanes of at least 4 members (excludes halogenated alkanes) is 3. The average Bonchev–Trinajstić information content (AvgIpc) is 3.20. The van der Waals surface area contributed by atoms with E-state index in [0.717, 1.165) is 13.0 Å². The van der Waals surface area contributed by atoms with Crippen LogP contribution >= 0.6 is 0 Å². The molecule has 23 heavy (non-hydrogen) atoms. The second-order valence-electron chi connectivity index (χ2n) is 6.88. The fourth-order valence-electron chi connectivity index (χ4n) is 3.73. The number of fused-ring (bicyclic) bond motifs is 1. The summed E-state index contributed by atoms with van der Waals surface area (Å²) < 4.78 is 2.48. The maximum Gasteiger partial charge on any atom is 0.109 e. The van der Waals surface area contributed by atoms with Gasteiger partial charge in [0, 0.05) is 13.0 Å². The Balaban J connectivity index is 1.64.